The fourth-order valence-corrected chi connectivity index (χ4v) is 3.30. The van der Waals surface area contributed by atoms with E-state index in [1.807, 2.05) is 0 Å². The van der Waals surface area contributed by atoms with Crippen molar-refractivity contribution in [2.45, 2.75) is 18.3 Å². The molecule has 0 spiro atoms. The van der Waals surface area contributed by atoms with E-state index in [2.05, 4.69) is 6.58 Å². The third-order valence-corrected chi connectivity index (χ3v) is 4.37. The van der Waals surface area contributed by atoms with E-state index in [-0.39, 0.29) is 18.4 Å². The van der Waals surface area contributed by atoms with E-state index in [0.717, 1.165) is 0 Å². The summed E-state index contributed by atoms with van der Waals surface area (Å²) in [5, 5.41) is 0. The van der Waals surface area contributed by atoms with Crippen molar-refractivity contribution >= 4 is 5.78 Å². The Balaban J connectivity index is 2.34. The summed E-state index contributed by atoms with van der Waals surface area (Å²) in [6.07, 6.45) is 0.826. The fourth-order valence-electron chi connectivity index (χ4n) is 3.30. The van der Waals surface area contributed by atoms with E-state index in [9.17, 15) is 26.7 Å². The summed E-state index contributed by atoms with van der Waals surface area (Å²) in [4.78, 5) is 12.8. The molecule has 1 atom stereocenters. The Labute approximate surface area is 134 Å². The molecule has 3 rings (SSSR count). The molecule has 24 heavy (non-hydrogen) atoms. The molecule has 2 aromatic carbocycles. The normalized spacial score (nSPS) is 19.5. The van der Waals surface area contributed by atoms with Crippen LogP contribution in [0.3, 0.4) is 0 Å². The van der Waals surface area contributed by atoms with Gasteiger partial charge in [-0.25, -0.2) is 22.0 Å². The number of allylic oxidation sites excluding steroid dienone is 1. The number of hydrogen-bond acceptors (Lipinski definition) is 1. The zero-order chi connectivity index (χ0) is 17.6. The summed E-state index contributed by atoms with van der Waals surface area (Å²) in [6.45, 7) is 3.46. The van der Waals surface area contributed by atoms with Gasteiger partial charge in [0, 0.05) is 11.1 Å². The van der Waals surface area contributed by atoms with E-state index < -0.39 is 45.8 Å². The zero-order valence-corrected chi connectivity index (χ0v) is 12.3. The maximum absolute atomic E-state index is 14.3. The minimum atomic E-state index is -2.24. The molecule has 6 heteroatoms. The van der Waals surface area contributed by atoms with Crippen molar-refractivity contribution in [2.24, 2.45) is 0 Å². The third kappa shape index (κ3) is 2.02. The highest BCUT2D eigenvalue weighted by molar-refractivity contribution is 6.08. The van der Waals surface area contributed by atoms with E-state index in [0.29, 0.717) is 5.56 Å². The van der Waals surface area contributed by atoms with Gasteiger partial charge in [-0.3, -0.25) is 4.79 Å². The Morgan fingerprint density at radius 3 is 2.04 bits per heavy atom. The first-order valence-electron chi connectivity index (χ1n) is 7.10. The smallest absolute Gasteiger partial charge is 0.200 e. The molecule has 0 heterocycles. The second-order valence-electron chi connectivity index (χ2n) is 5.68. The van der Waals surface area contributed by atoms with Gasteiger partial charge >= 0.3 is 0 Å². The first-order chi connectivity index (χ1) is 11.3. The van der Waals surface area contributed by atoms with Gasteiger partial charge in [-0.1, -0.05) is 30.3 Å². The van der Waals surface area contributed by atoms with Gasteiger partial charge in [0.1, 0.15) is 0 Å². The number of benzene rings is 2. The first kappa shape index (κ1) is 16.4. The Kier molecular flexibility index (Phi) is 3.78. The molecule has 0 amide bonds. The minimum Gasteiger partial charge on any atom is -0.293 e. The van der Waals surface area contributed by atoms with Crippen molar-refractivity contribution in [1.82, 2.24) is 0 Å². The maximum Gasteiger partial charge on any atom is 0.200 e. The number of carbonyl (C=O) groups is 1. The molecule has 0 radical (unpaired) electrons. The van der Waals surface area contributed by atoms with Crippen LogP contribution in [0.25, 0.3) is 0 Å². The van der Waals surface area contributed by atoms with Crippen LogP contribution in [0.4, 0.5) is 22.0 Å². The molecule has 0 bridgehead atoms. The maximum atomic E-state index is 14.3. The van der Waals surface area contributed by atoms with Gasteiger partial charge in [0.05, 0.1) is 5.41 Å². The molecule has 0 unspecified atom stereocenters. The van der Waals surface area contributed by atoms with Gasteiger partial charge in [0.2, 0.25) is 5.82 Å². The van der Waals surface area contributed by atoms with Crippen LogP contribution < -0.4 is 0 Å². The Bertz CT molecular complexity index is 845. The van der Waals surface area contributed by atoms with Crippen molar-refractivity contribution < 1.29 is 26.7 Å². The van der Waals surface area contributed by atoms with Crippen molar-refractivity contribution in [2.75, 3.05) is 0 Å². The molecule has 0 fully saturated rings. The van der Waals surface area contributed by atoms with Crippen molar-refractivity contribution in [1.29, 1.82) is 0 Å². The van der Waals surface area contributed by atoms with Crippen LogP contribution in [0, 0.1) is 29.1 Å². The Morgan fingerprint density at radius 1 is 0.958 bits per heavy atom. The lowest BCUT2D eigenvalue weighted by Gasteiger charge is -2.28. The molecular formula is C18H11F5O. The molecule has 124 valence electrons. The summed E-state index contributed by atoms with van der Waals surface area (Å²) in [5.41, 5.74) is -2.29. The van der Waals surface area contributed by atoms with Crippen LogP contribution >= 0.6 is 0 Å². The quantitative estimate of drug-likeness (QED) is 0.345. The van der Waals surface area contributed by atoms with Crippen molar-refractivity contribution in [3.05, 3.63) is 82.7 Å². The highest BCUT2D eigenvalue weighted by Crippen LogP contribution is 2.45. The van der Waals surface area contributed by atoms with Crippen molar-refractivity contribution in [3.8, 4) is 0 Å². The van der Waals surface area contributed by atoms with Crippen LogP contribution in [-0.2, 0) is 11.8 Å². The van der Waals surface area contributed by atoms with Gasteiger partial charge < -0.3 is 0 Å². The highest BCUT2D eigenvalue weighted by atomic mass is 19.2. The number of halogens is 5. The van der Waals surface area contributed by atoms with E-state index in [1.165, 1.54) is 12.1 Å². The molecule has 0 aliphatic heterocycles. The lowest BCUT2D eigenvalue weighted by Crippen LogP contribution is -2.36. The lowest BCUT2D eigenvalue weighted by atomic mass is 9.73. The predicted molar refractivity (Wildman–Crippen MR) is 77.2 cm³/mol. The Morgan fingerprint density at radius 2 is 1.50 bits per heavy atom. The average Bonchev–Trinajstić information content (AvgIpc) is 2.85. The van der Waals surface area contributed by atoms with Gasteiger partial charge in [0.15, 0.2) is 29.1 Å². The molecule has 0 saturated carbocycles. The lowest BCUT2D eigenvalue weighted by molar-refractivity contribution is 0.0895. The molecule has 0 aromatic heterocycles. The van der Waals surface area contributed by atoms with Gasteiger partial charge in [-0.2, -0.15) is 0 Å². The van der Waals surface area contributed by atoms with Gasteiger partial charge in [0.25, 0.3) is 0 Å². The minimum absolute atomic E-state index is 0.160. The molecule has 1 nitrogen and oxygen atoms in total. The molecule has 0 N–H and O–H groups in total. The summed E-state index contributed by atoms with van der Waals surface area (Å²) < 4.78 is 69.2. The summed E-state index contributed by atoms with van der Waals surface area (Å²) >= 11 is 0. The van der Waals surface area contributed by atoms with Crippen LogP contribution in [-0.4, -0.2) is 5.78 Å². The monoisotopic (exact) mass is 338 g/mol. The average molecular weight is 338 g/mol. The third-order valence-electron chi connectivity index (χ3n) is 4.37. The summed E-state index contributed by atoms with van der Waals surface area (Å²) in [7, 11) is 0. The fraction of sp³-hybridized carbons (Fsp3) is 0.167. The molecule has 0 saturated heterocycles. The molecular weight excluding hydrogens is 327 g/mol. The highest BCUT2D eigenvalue weighted by Gasteiger charge is 2.50. The topological polar surface area (TPSA) is 17.1 Å². The number of rotatable bonds is 3. The SMILES string of the molecule is C=CC[C@@]1(c2c(F)c(F)c(F)c(F)c2F)Cc2ccccc2C1=O. The van der Waals surface area contributed by atoms with E-state index in [4.69, 9.17) is 0 Å². The summed E-state index contributed by atoms with van der Waals surface area (Å²) in [6, 6.07) is 6.26. The second kappa shape index (κ2) is 5.54. The van der Waals surface area contributed by atoms with Crippen LogP contribution in [0.5, 0.6) is 0 Å². The van der Waals surface area contributed by atoms with Gasteiger partial charge in [-0.15, -0.1) is 6.58 Å². The molecule has 1 aliphatic carbocycles. The van der Waals surface area contributed by atoms with Crippen LogP contribution in [0.2, 0.25) is 0 Å². The second-order valence-corrected chi connectivity index (χ2v) is 5.68. The summed E-state index contributed by atoms with van der Waals surface area (Å²) in [5.74, 6) is -11.0. The molecule has 1 aliphatic rings. The number of carbonyl (C=O) groups excluding carboxylic acids is 1. The van der Waals surface area contributed by atoms with E-state index >= 15 is 0 Å². The Hall–Kier alpha value is -2.50. The number of hydrogen-bond donors (Lipinski definition) is 0. The molecule has 2 aromatic rings. The van der Waals surface area contributed by atoms with E-state index in [1.54, 1.807) is 18.2 Å². The van der Waals surface area contributed by atoms with Gasteiger partial charge in [-0.05, 0) is 18.4 Å². The number of fused-ring (bicyclic) bond motifs is 1. The van der Waals surface area contributed by atoms with Crippen LogP contribution in [0.15, 0.2) is 36.9 Å². The predicted octanol–water partition coefficient (Wildman–Crippen LogP) is 4.64. The number of Topliss-reactive ketones (excluding diaryl/α,β-unsaturated/α-hetero) is 1. The van der Waals surface area contributed by atoms with Crippen molar-refractivity contribution in [3.63, 3.8) is 0 Å². The number of ketones is 1. The first-order valence-corrected chi connectivity index (χ1v) is 7.10. The largest absolute Gasteiger partial charge is 0.293 e. The zero-order valence-electron chi connectivity index (χ0n) is 12.3. The van der Waals surface area contributed by atoms with Crippen LogP contribution in [0.1, 0.15) is 27.9 Å². The standard InChI is InChI=1S/C18H11F5O/c1-2-7-18(8-9-5-3-4-6-10(9)17(18)24)11-12(19)14(21)16(23)15(22)13(11)20/h2-6H,1,7-8H2/t18-/m0/s1.